The Labute approximate surface area is 115 Å². The molecule has 5 nitrogen and oxygen atoms in total. The summed E-state index contributed by atoms with van der Waals surface area (Å²) in [6.45, 7) is 6.83. The van der Waals surface area contributed by atoms with E-state index in [1.54, 1.807) is 7.11 Å². The van der Waals surface area contributed by atoms with Crippen molar-refractivity contribution in [3.8, 4) is 0 Å². The second kappa shape index (κ2) is 7.03. The Kier molecular flexibility index (Phi) is 5.36. The van der Waals surface area contributed by atoms with Crippen molar-refractivity contribution in [2.24, 2.45) is 11.7 Å². The minimum atomic E-state index is 0.297. The van der Waals surface area contributed by atoms with Crippen molar-refractivity contribution in [1.29, 1.82) is 0 Å². The van der Waals surface area contributed by atoms with Crippen LogP contribution in [0.3, 0.4) is 0 Å². The van der Waals surface area contributed by atoms with Gasteiger partial charge in [0.2, 0.25) is 0 Å². The third-order valence-corrected chi connectivity index (χ3v) is 4.14. The van der Waals surface area contributed by atoms with E-state index in [1.807, 2.05) is 12.5 Å². The number of aromatic nitrogens is 2. The molecule has 0 saturated carbocycles. The van der Waals surface area contributed by atoms with Crippen LogP contribution in [0.15, 0.2) is 12.5 Å². The number of hydrogen-bond donors (Lipinski definition) is 1. The summed E-state index contributed by atoms with van der Waals surface area (Å²) in [4.78, 5) is 6.76. The summed E-state index contributed by atoms with van der Waals surface area (Å²) in [5, 5.41) is 0. The molecule has 5 heteroatoms. The molecule has 2 rings (SSSR count). The van der Waals surface area contributed by atoms with Crippen molar-refractivity contribution in [3.05, 3.63) is 18.2 Å². The molecule has 1 atom stereocenters. The van der Waals surface area contributed by atoms with E-state index in [2.05, 4.69) is 21.4 Å². The maximum atomic E-state index is 6.00. The van der Waals surface area contributed by atoms with Gasteiger partial charge in [-0.25, -0.2) is 4.98 Å². The second-order valence-corrected chi connectivity index (χ2v) is 5.29. The van der Waals surface area contributed by atoms with E-state index in [-0.39, 0.29) is 0 Å². The topological polar surface area (TPSA) is 56.3 Å². The molecule has 19 heavy (non-hydrogen) atoms. The van der Waals surface area contributed by atoms with Crippen LogP contribution in [0.1, 0.15) is 31.5 Å². The van der Waals surface area contributed by atoms with Crippen LogP contribution < -0.4 is 5.73 Å². The van der Waals surface area contributed by atoms with Gasteiger partial charge in [-0.2, -0.15) is 0 Å². The van der Waals surface area contributed by atoms with Gasteiger partial charge >= 0.3 is 0 Å². The van der Waals surface area contributed by atoms with Gasteiger partial charge in [-0.15, -0.1) is 0 Å². The number of likely N-dealkylation sites (tertiary alicyclic amines) is 1. The molecule has 0 bridgehead atoms. The van der Waals surface area contributed by atoms with Gasteiger partial charge in [-0.05, 0) is 38.8 Å². The van der Waals surface area contributed by atoms with Crippen molar-refractivity contribution < 1.29 is 4.74 Å². The molecule has 1 aliphatic heterocycles. The number of hydrogen-bond acceptors (Lipinski definition) is 4. The van der Waals surface area contributed by atoms with Gasteiger partial charge in [0, 0.05) is 33.0 Å². The SMILES string of the molecule is CCn1cncc1C(CN)N1CCC(COC)CC1. The van der Waals surface area contributed by atoms with Crippen LogP contribution in [-0.2, 0) is 11.3 Å². The fourth-order valence-corrected chi connectivity index (χ4v) is 3.00. The van der Waals surface area contributed by atoms with Gasteiger partial charge in [-0.1, -0.05) is 0 Å². The number of methoxy groups -OCH3 is 1. The highest BCUT2D eigenvalue weighted by atomic mass is 16.5. The zero-order chi connectivity index (χ0) is 13.7. The van der Waals surface area contributed by atoms with Gasteiger partial charge < -0.3 is 15.0 Å². The molecule has 0 aliphatic carbocycles. The summed E-state index contributed by atoms with van der Waals surface area (Å²) >= 11 is 0. The van der Waals surface area contributed by atoms with E-state index in [0.29, 0.717) is 18.5 Å². The maximum Gasteiger partial charge on any atom is 0.0948 e. The number of nitrogens with two attached hydrogens (primary N) is 1. The Bertz CT molecular complexity index is 371. The summed E-state index contributed by atoms with van der Waals surface area (Å²) in [6.07, 6.45) is 6.26. The van der Waals surface area contributed by atoms with Gasteiger partial charge in [0.25, 0.3) is 0 Å². The monoisotopic (exact) mass is 266 g/mol. The second-order valence-electron chi connectivity index (χ2n) is 5.29. The summed E-state index contributed by atoms with van der Waals surface area (Å²) in [5.74, 6) is 0.704. The molecule has 1 aromatic rings. The first-order valence-corrected chi connectivity index (χ1v) is 7.23. The summed E-state index contributed by atoms with van der Waals surface area (Å²) in [6, 6.07) is 0.297. The highest BCUT2D eigenvalue weighted by Gasteiger charge is 2.26. The van der Waals surface area contributed by atoms with Crippen LogP contribution in [0.4, 0.5) is 0 Å². The third kappa shape index (κ3) is 3.35. The van der Waals surface area contributed by atoms with Gasteiger partial charge in [0.15, 0.2) is 0 Å². The van der Waals surface area contributed by atoms with Gasteiger partial charge in [0.1, 0.15) is 0 Å². The number of aryl methyl sites for hydroxylation is 1. The molecular formula is C14H26N4O. The van der Waals surface area contributed by atoms with E-state index < -0.39 is 0 Å². The average molecular weight is 266 g/mol. The van der Waals surface area contributed by atoms with Crippen molar-refractivity contribution in [1.82, 2.24) is 14.5 Å². The Balaban J connectivity index is 2.00. The van der Waals surface area contributed by atoms with E-state index in [0.717, 1.165) is 26.2 Å². The van der Waals surface area contributed by atoms with Crippen molar-refractivity contribution in [3.63, 3.8) is 0 Å². The van der Waals surface area contributed by atoms with Crippen LogP contribution in [0, 0.1) is 5.92 Å². The lowest BCUT2D eigenvalue weighted by Crippen LogP contribution is -2.41. The number of nitrogens with zero attached hydrogens (tertiary/aromatic N) is 3. The van der Waals surface area contributed by atoms with Crippen LogP contribution in [-0.4, -0.2) is 47.8 Å². The average Bonchev–Trinajstić information content (AvgIpc) is 2.90. The van der Waals surface area contributed by atoms with E-state index in [9.17, 15) is 0 Å². The largest absolute Gasteiger partial charge is 0.384 e. The quantitative estimate of drug-likeness (QED) is 0.842. The Morgan fingerprint density at radius 3 is 2.79 bits per heavy atom. The lowest BCUT2D eigenvalue weighted by atomic mass is 9.96. The van der Waals surface area contributed by atoms with E-state index in [4.69, 9.17) is 10.5 Å². The first kappa shape index (κ1) is 14.5. The van der Waals surface area contributed by atoms with Gasteiger partial charge in [0.05, 0.1) is 18.1 Å². The van der Waals surface area contributed by atoms with Crippen LogP contribution in [0.2, 0.25) is 0 Å². The molecule has 2 heterocycles. The number of imidazole rings is 1. The third-order valence-electron chi connectivity index (χ3n) is 4.14. The predicted octanol–water partition coefficient (Wildman–Crippen LogP) is 1.26. The number of rotatable bonds is 6. The minimum Gasteiger partial charge on any atom is -0.384 e. The molecule has 1 aromatic heterocycles. The van der Waals surface area contributed by atoms with Crippen LogP contribution in [0.25, 0.3) is 0 Å². The normalized spacial score (nSPS) is 19.7. The minimum absolute atomic E-state index is 0.297. The first-order valence-electron chi connectivity index (χ1n) is 7.23. The van der Waals surface area contributed by atoms with E-state index >= 15 is 0 Å². The van der Waals surface area contributed by atoms with Crippen LogP contribution in [0.5, 0.6) is 0 Å². The predicted molar refractivity (Wildman–Crippen MR) is 75.9 cm³/mol. The standard InChI is InChI=1S/C14H26N4O/c1-3-17-11-16-9-14(17)13(8-15)18-6-4-12(5-7-18)10-19-2/h9,11-13H,3-8,10,15H2,1-2H3. The molecule has 108 valence electrons. The van der Waals surface area contributed by atoms with Crippen molar-refractivity contribution in [2.45, 2.75) is 32.4 Å². The zero-order valence-electron chi connectivity index (χ0n) is 12.1. The molecule has 2 N–H and O–H groups in total. The van der Waals surface area contributed by atoms with E-state index in [1.165, 1.54) is 18.5 Å². The molecule has 0 amide bonds. The zero-order valence-corrected chi connectivity index (χ0v) is 12.1. The molecule has 0 aromatic carbocycles. The molecule has 0 radical (unpaired) electrons. The molecule has 1 saturated heterocycles. The highest BCUT2D eigenvalue weighted by molar-refractivity contribution is 5.07. The highest BCUT2D eigenvalue weighted by Crippen LogP contribution is 2.26. The molecule has 1 fully saturated rings. The molecule has 1 unspecified atom stereocenters. The number of ether oxygens (including phenoxy) is 1. The number of piperidine rings is 1. The maximum absolute atomic E-state index is 6.00. The molecular weight excluding hydrogens is 240 g/mol. The van der Waals surface area contributed by atoms with Crippen molar-refractivity contribution >= 4 is 0 Å². The lowest BCUT2D eigenvalue weighted by Gasteiger charge is -2.37. The fraction of sp³-hybridized carbons (Fsp3) is 0.786. The fourth-order valence-electron chi connectivity index (χ4n) is 3.00. The summed E-state index contributed by atoms with van der Waals surface area (Å²) < 4.78 is 7.45. The lowest BCUT2D eigenvalue weighted by molar-refractivity contribution is 0.0792. The van der Waals surface area contributed by atoms with Crippen LogP contribution >= 0.6 is 0 Å². The Morgan fingerprint density at radius 2 is 2.21 bits per heavy atom. The molecule has 1 aliphatic rings. The Morgan fingerprint density at radius 1 is 1.47 bits per heavy atom. The Hall–Kier alpha value is -0.910. The van der Waals surface area contributed by atoms with Gasteiger partial charge in [-0.3, -0.25) is 4.90 Å². The summed E-state index contributed by atoms with van der Waals surface area (Å²) in [5.41, 5.74) is 7.25. The first-order chi connectivity index (χ1) is 9.30. The van der Waals surface area contributed by atoms with Crippen molar-refractivity contribution in [2.75, 3.05) is 33.4 Å². The smallest absolute Gasteiger partial charge is 0.0948 e. The summed E-state index contributed by atoms with van der Waals surface area (Å²) in [7, 11) is 1.79. The molecule has 0 spiro atoms.